The van der Waals surface area contributed by atoms with Crippen molar-refractivity contribution in [3.63, 3.8) is 0 Å². The van der Waals surface area contributed by atoms with E-state index in [4.69, 9.17) is 16.9 Å². The fourth-order valence-corrected chi connectivity index (χ4v) is 1.23. The van der Waals surface area contributed by atoms with Gasteiger partial charge in [0.05, 0.1) is 12.5 Å². The van der Waals surface area contributed by atoms with Crippen LogP contribution in [0.4, 0.5) is 0 Å². The van der Waals surface area contributed by atoms with Gasteiger partial charge in [-0.1, -0.05) is 23.8 Å². The number of hydrogen-bond donors (Lipinski definition) is 0. The molecule has 1 heterocycles. The van der Waals surface area contributed by atoms with Gasteiger partial charge in [0.15, 0.2) is 0 Å². The maximum absolute atomic E-state index is 8.33. The minimum Gasteiger partial charge on any atom is -0.244 e. The molecule has 1 aromatic heterocycles. The van der Waals surface area contributed by atoms with Gasteiger partial charge in [-0.15, -0.1) is 0 Å². The van der Waals surface area contributed by atoms with Crippen LogP contribution in [0, 0.1) is 18.3 Å². The number of nitrogens with zero attached hydrogens (tertiary/aromatic N) is 2. The molecule has 0 aliphatic heterocycles. The number of pyridine rings is 1. The van der Waals surface area contributed by atoms with E-state index in [1.54, 1.807) is 12.3 Å². The summed E-state index contributed by atoms with van der Waals surface area (Å²) in [5, 5.41) is 8.81. The first-order valence-electron chi connectivity index (χ1n) is 3.90. The number of aryl methyl sites for hydroxylation is 1. The number of allylic oxidation sites excluding steroid dienone is 1. The van der Waals surface area contributed by atoms with Crippen LogP contribution < -0.4 is 0 Å². The fraction of sp³-hybridized carbons (Fsp3) is 0.200. The van der Waals surface area contributed by atoms with Crippen LogP contribution >= 0.6 is 11.6 Å². The van der Waals surface area contributed by atoms with Crippen molar-refractivity contribution in [2.24, 2.45) is 0 Å². The number of halogens is 1. The van der Waals surface area contributed by atoms with E-state index in [-0.39, 0.29) is 0 Å². The number of hydrogen-bond acceptors (Lipinski definition) is 2. The van der Waals surface area contributed by atoms with Crippen molar-refractivity contribution in [1.82, 2.24) is 4.98 Å². The van der Waals surface area contributed by atoms with Gasteiger partial charge in [-0.2, -0.15) is 5.26 Å². The summed E-state index contributed by atoms with van der Waals surface area (Å²) in [4.78, 5) is 3.95. The summed E-state index contributed by atoms with van der Waals surface area (Å²) in [5.74, 6) is 0. The first-order valence-corrected chi connectivity index (χ1v) is 4.28. The predicted molar refractivity (Wildman–Crippen MR) is 53.2 cm³/mol. The van der Waals surface area contributed by atoms with Gasteiger partial charge < -0.3 is 0 Å². The third-order valence-electron chi connectivity index (χ3n) is 1.65. The highest BCUT2D eigenvalue weighted by Crippen LogP contribution is 2.18. The molecule has 0 fully saturated rings. The Bertz CT molecular complexity index is 343. The van der Waals surface area contributed by atoms with Gasteiger partial charge in [-0.3, -0.25) is 0 Å². The Labute approximate surface area is 82.5 Å². The second-order valence-corrected chi connectivity index (χ2v) is 2.95. The van der Waals surface area contributed by atoms with Crippen molar-refractivity contribution in [1.29, 1.82) is 5.26 Å². The van der Waals surface area contributed by atoms with Gasteiger partial charge in [0.25, 0.3) is 0 Å². The molecule has 0 bridgehead atoms. The Balaban J connectivity index is 2.94. The van der Waals surface area contributed by atoms with E-state index in [0.29, 0.717) is 11.6 Å². The zero-order chi connectivity index (χ0) is 9.68. The second-order valence-electron chi connectivity index (χ2n) is 2.60. The highest BCUT2D eigenvalue weighted by atomic mass is 35.5. The molecule has 0 aromatic carbocycles. The van der Waals surface area contributed by atoms with Crippen LogP contribution in [-0.4, -0.2) is 4.98 Å². The Hall–Kier alpha value is -1.33. The van der Waals surface area contributed by atoms with Gasteiger partial charge in [-0.25, -0.2) is 4.98 Å². The third-order valence-corrected chi connectivity index (χ3v) is 1.95. The lowest BCUT2D eigenvalue weighted by Crippen LogP contribution is -1.84. The molecule has 0 saturated carbocycles. The van der Waals surface area contributed by atoms with Crippen molar-refractivity contribution in [2.45, 2.75) is 13.3 Å². The molecule has 0 aliphatic rings. The van der Waals surface area contributed by atoms with E-state index in [2.05, 4.69) is 4.98 Å². The van der Waals surface area contributed by atoms with Crippen LogP contribution in [0.2, 0.25) is 5.15 Å². The minimum atomic E-state index is 0.394. The van der Waals surface area contributed by atoms with E-state index in [9.17, 15) is 0 Å². The Morgan fingerprint density at radius 1 is 1.69 bits per heavy atom. The molecule has 13 heavy (non-hydrogen) atoms. The Morgan fingerprint density at radius 2 is 2.46 bits per heavy atom. The molecule has 3 heteroatoms. The molecular formula is C10H9ClN2. The lowest BCUT2D eigenvalue weighted by atomic mass is 10.1. The summed E-state index contributed by atoms with van der Waals surface area (Å²) in [5.41, 5.74) is 1.95. The molecule has 0 saturated heterocycles. The molecule has 1 rings (SSSR count). The Kier molecular flexibility index (Phi) is 3.48. The summed E-state index contributed by atoms with van der Waals surface area (Å²) in [6.45, 7) is 1.96. The predicted octanol–water partition coefficient (Wildman–Crippen LogP) is 2.97. The monoisotopic (exact) mass is 192 g/mol. The molecule has 0 amide bonds. The zero-order valence-electron chi connectivity index (χ0n) is 7.29. The van der Waals surface area contributed by atoms with Gasteiger partial charge in [-0.05, 0) is 18.6 Å². The van der Waals surface area contributed by atoms with E-state index >= 15 is 0 Å². The number of aromatic nitrogens is 1. The molecular weight excluding hydrogens is 184 g/mol. The average Bonchev–Trinajstić information content (AvgIpc) is 2.10. The average molecular weight is 193 g/mol. The van der Waals surface area contributed by atoms with Crippen LogP contribution in [0.1, 0.15) is 17.5 Å². The molecule has 0 aliphatic carbocycles. The lowest BCUT2D eigenvalue weighted by Gasteiger charge is -2.00. The molecule has 0 N–H and O–H groups in total. The quantitative estimate of drug-likeness (QED) is 0.676. The second kappa shape index (κ2) is 4.64. The lowest BCUT2D eigenvalue weighted by molar-refractivity contribution is 1.27. The third kappa shape index (κ3) is 2.57. The van der Waals surface area contributed by atoms with Crippen molar-refractivity contribution in [3.05, 3.63) is 34.6 Å². The molecule has 2 nitrogen and oxygen atoms in total. The van der Waals surface area contributed by atoms with Crippen molar-refractivity contribution in [3.8, 4) is 6.07 Å². The molecule has 66 valence electrons. The topological polar surface area (TPSA) is 36.7 Å². The van der Waals surface area contributed by atoms with Gasteiger partial charge in [0.1, 0.15) is 5.15 Å². The van der Waals surface area contributed by atoms with Crippen molar-refractivity contribution >= 4 is 17.7 Å². The summed E-state index contributed by atoms with van der Waals surface area (Å²) in [6.07, 6.45) is 5.66. The van der Waals surface area contributed by atoms with Crippen LogP contribution in [0.5, 0.6) is 0 Å². The summed E-state index contributed by atoms with van der Waals surface area (Å²) in [6, 6.07) is 3.91. The van der Waals surface area contributed by atoms with Crippen LogP contribution in [0.25, 0.3) is 6.08 Å². The molecule has 1 aromatic rings. The molecule has 0 atom stereocenters. The standard InChI is InChI=1S/C10H9ClN2/c1-8-5-7-13-10(11)9(8)4-2-3-6-12/h2,4-5,7H,3H2,1H3. The minimum absolute atomic E-state index is 0.394. The number of rotatable bonds is 2. The smallest absolute Gasteiger partial charge is 0.136 e. The maximum Gasteiger partial charge on any atom is 0.136 e. The normalized spacial score (nSPS) is 10.2. The maximum atomic E-state index is 8.33. The highest BCUT2D eigenvalue weighted by molar-refractivity contribution is 6.30. The fourth-order valence-electron chi connectivity index (χ4n) is 0.966. The molecule has 0 unspecified atom stereocenters. The largest absolute Gasteiger partial charge is 0.244 e. The van der Waals surface area contributed by atoms with Crippen LogP contribution in [0.3, 0.4) is 0 Å². The van der Waals surface area contributed by atoms with Crippen molar-refractivity contribution in [2.75, 3.05) is 0 Å². The summed E-state index contributed by atoms with van der Waals surface area (Å²) >= 11 is 5.86. The van der Waals surface area contributed by atoms with E-state index in [1.165, 1.54) is 0 Å². The Morgan fingerprint density at radius 3 is 3.08 bits per heavy atom. The van der Waals surface area contributed by atoms with Crippen molar-refractivity contribution < 1.29 is 0 Å². The number of nitriles is 1. The van der Waals surface area contributed by atoms with E-state index in [1.807, 2.05) is 25.1 Å². The van der Waals surface area contributed by atoms with E-state index in [0.717, 1.165) is 11.1 Å². The SMILES string of the molecule is Cc1ccnc(Cl)c1C=CCC#N. The van der Waals surface area contributed by atoms with E-state index < -0.39 is 0 Å². The zero-order valence-corrected chi connectivity index (χ0v) is 8.04. The summed E-state index contributed by atoms with van der Waals surface area (Å²) in [7, 11) is 0. The first-order chi connectivity index (χ1) is 6.25. The van der Waals surface area contributed by atoms with Gasteiger partial charge in [0.2, 0.25) is 0 Å². The van der Waals surface area contributed by atoms with Gasteiger partial charge in [0, 0.05) is 11.8 Å². The summed E-state index contributed by atoms with van der Waals surface area (Å²) < 4.78 is 0. The first kappa shape index (κ1) is 9.76. The molecule has 0 radical (unpaired) electrons. The molecule has 0 spiro atoms. The van der Waals surface area contributed by atoms with Crippen LogP contribution in [0.15, 0.2) is 18.3 Å². The van der Waals surface area contributed by atoms with Gasteiger partial charge >= 0.3 is 0 Å². The highest BCUT2D eigenvalue weighted by Gasteiger charge is 1.99. The van der Waals surface area contributed by atoms with Crippen LogP contribution in [-0.2, 0) is 0 Å².